The van der Waals surface area contributed by atoms with Gasteiger partial charge in [0.05, 0.1) is 0 Å². The molecule has 7 rings (SSSR count). The molecule has 0 amide bonds. The molecule has 6 aromatic rings. The average Bonchev–Trinajstić information content (AvgIpc) is 3.26. The van der Waals surface area contributed by atoms with E-state index in [-0.39, 0.29) is 11.2 Å². The van der Waals surface area contributed by atoms with Gasteiger partial charge < -0.3 is 5.32 Å². The number of anilines is 2. The number of rotatable bonds is 6. The molecule has 0 heterocycles. The van der Waals surface area contributed by atoms with Crippen LogP contribution in [0.1, 0.15) is 25.0 Å². The first kappa shape index (κ1) is 26.2. The predicted octanol–water partition coefficient (Wildman–Crippen LogP) is 7.25. The highest BCUT2D eigenvalue weighted by Gasteiger charge is 2.43. The number of hydrogen-bond acceptors (Lipinski definition) is 1. The number of benzene rings is 6. The van der Waals surface area contributed by atoms with Crippen LogP contribution in [0.2, 0.25) is 0 Å². The first-order chi connectivity index (χ1) is 20.5. The molecule has 0 bridgehead atoms. The molecule has 1 aliphatic rings. The Morgan fingerprint density at radius 1 is 0.524 bits per heavy atom. The van der Waals surface area contributed by atoms with E-state index in [0.717, 1.165) is 28.1 Å². The van der Waals surface area contributed by atoms with Gasteiger partial charge in [0.1, 0.15) is 5.82 Å². The fourth-order valence-corrected chi connectivity index (χ4v) is 11.9. The van der Waals surface area contributed by atoms with Crippen molar-refractivity contribution in [3.8, 4) is 11.1 Å². The Balaban J connectivity index is 1.49. The molecule has 0 saturated heterocycles. The zero-order valence-electron chi connectivity index (χ0n) is 23.8. The van der Waals surface area contributed by atoms with Gasteiger partial charge in [-0.3, -0.25) is 0 Å². The third-order valence-corrected chi connectivity index (χ3v) is 13.7. The zero-order chi connectivity index (χ0) is 28.7. The Kier molecular flexibility index (Phi) is 6.40. The molecule has 1 nitrogen and oxygen atoms in total. The fraction of sp³-hybridized carbons (Fsp3) is 0.0769. The summed E-state index contributed by atoms with van der Waals surface area (Å²) in [5.41, 5.74) is 6.26. The molecule has 1 N–H and O–H groups in total. The summed E-state index contributed by atoms with van der Waals surface area (Å²) < 4.78 is 14.6. The molecule has 1 aliphatic carbocycles. The molecule has 6 aromatic carbocycles. The van der Waals surface area contributed by atoms with Gasteiger partial charge in [0.15, 0.2) is 8.07 Å². The monoisotopic (exact) mass is 561 g/mol. The van der Waals surface area contributed by atoms with Crippen LogP contribution >= 0.6 is 0 Å². The van der Waals surface area contributed by atoms with Crippen LogP contribution in [0, 0.1) is 5.82 Å². The van der Waals surface area contributed by atoms with E-state index in [9.17, 15) is 4.39 Å². The van der Waals surface area contributed by atoms with Crippen molar-refractivity contribution in [2.75, 3.05) is 5.32 Å². The zero-order valence-corrected chi connectivity index (χ0v) is 24.8. The molecule has 0 fully saturated rings. The Labute approximate surface area is 248 Å². The van der Waals surface area contributed by atoms with Crippen molar-refractivity contribution in [3.05, 3.63) is 169 Å². The van der Waals surface area contributed by atoms with Crippen molar-refractivity contribution in [1.29, 1.82) is 0 Å². The van der Waals surface area contributed by atoms with E-state index in [4.69, 9.17) is 0 Å². The summed E-state index contributed by atoms with van der Waals surface area (Å²) in [6.45, 7) is 4.46. The minimum absolute atomic E-state index is 0.212. The first-order valence-corrected chi connectivity index (χ1v) is 16.5. The van der Waals surface area contributed by atoms with Crippen LogP contribution in [0.15, 0.2) is 152 Å². The number of para-hydroxylation sites is 1. The number of halogens is 1. The van der Waals surface area contributed by atoms with Gasteiger partial charge in [-0.1, -0.05) is 141 Å². The number of nitrogens with one attached hydrogen (secondary N) is 1. The van der Waals surface area contributed by atoms with Gasteiger partial charge in [-0.05, 0) is 61.7 Å². The summed E-state index contributed by atoms with van der Waals surface area (Å²) in [5.74, 6) is -0.212. The van der Waals surface area contributed by atoms with Crippen molar-refractivity contribution < 1.29 is 4.39 Å². The molecule has 42 heavy (non-hydrogen) atoms. The summed E-state index contributed by atoms with van der Waals surface area (Å²) in [4.78, 5) is 0. The minimum Gasteiger partial charge on any atom is -0.355 e. The quantitative estimate of drug-likeness (QED) is 0.167. The third kappa shape index (κ3) is 4.04. The van der Waals surface area contributed by atoms with Gasteiger partial charge in [-0.2, -0.15) is 0 Å². The van der Waals surface area contributed by atoms with Gasteiger partial charge in [0, 0.05) is 22.4 Å². The van der Waals surface area contributed by atoms with E-state index >= 15 is 0 Å². The molecule has 204 valence electrons. The Hall–Kier alpha value is -4.73. The maximum Gasteiger partial charge on any atom is 0.181 e. The maximum atomic E-state index is 14.6. The van der Waals surface area contributed by atoms with E-state index < -0.39 is 8.07 Å². The lowest BCUT2D eigenvalue weighted by Gasteiger charge is -2.36. The highest BCUT2D eigenvalue weighted by molar-refractivity contribution is 7.20. The molecule has 0 saturated carbocycles. The summed E-state index contributed by atoms with van der Waals surface area (Å²) in [6.07, 6.45) is 0. The summed E-state index contributed by atoms with van der Waals surface area (Å²) in [5, 5.41) is 9.15. The molecule has 0 unspecified atom stereocenters. The topological polar surface area (TPSA) is 12.0 Å². The van der Waals surface area contributed by atoms with Gasteiger partial charge in [-0.25, -0.2) is 4.39 Å². The van der Waals surface area contributed by atoms with Gasteiger partial charge >= 0.3 is 0 Å². The van der Waals surface area contributed by atoms with E-state index in [1.54, 1.807) is 12.1 Å². The predicted molar refractivity (Wildman–Crippen MR) is 177 cm³/mol. The van der Waals surface area contributed by atoms with Crippen LogP contribution in [0.25, 0.3) is 11.1 Å². The Morgan fingerprint density at radius 2 is 1.05 bits per heavy atom. The highest BCUT2D eigenvalue weighted by atomic mass is 28.3. The largest absolute Gasteiger partial charge is 0.355 e. The van der Waals surface area contributed by atoms with E-state index in [0.29, 0.717) is 0 Å². The molecular formula is C39H32FNSi. The standard InChI is InChI=1S/C39H32FNSi/c1-39(2)33-26-25-28(40)27-32(33)38-34(39)21-14-23-36(38)41-35-22-12-13-24-37(35)42(29-15-6-3-7-16-29,30-17-8-4-9-18-30)31-19-10-5-11-20-31/h3-27,41H,1-2H3. The summed E-state index contributed by atoms with van der Waals surface area (Å²) >= 11 is 0. The Morgan fingerprint density at radius 3 is 1.64 bits per heavy atom. The van der Waals surface area contributed by atoms with Crippen molar-refractivity contribution in [2.45, 2.75) is 19.3 Å². The molecule has 0 radical (unpaired) electrons. The summed E-state index contributed by atoms with van der Waals surface area (Å²) in [6, 6.07) is 53.2. The molecule has 0 aliphatic heterocycles. The van der Waals surface area contributed by atoms with Crippen molar-refractivity contribution in [2.24, 2.45) is 0 Å². The lowest BCUT2D eigenvalue weighted by Crippen LogP contribution is -2.75. The summed E-state index contributed by atoms with van der Waals surface area (Å²) in [7, 11) is -2.76. The molecule has 3 heteroatoms. The van der Waals surface area contributed by atoms with Gasteiger partial charge in [0.2, 0.25) is 0 Å². The van der Waals surface area contributed by atoms with Crippen LogP contribution in [-0.4, -0.2) is 8.07 Å². The van der Waals surface area contributed by atoms with Crippen molar-refractivity contribution in [3.63, 3.8) is 0 Å². The van der Waals surface area contributed by atoms with Gasteiger partial charge in [-0.15, -0.1) is 0 Å². The molecule has 0 aromatic heterocycles. The van der Waals surface area contributed by atoms with Crippen LogP contribution in [0.5, 0.6) is 0 Å². The normalized spacial score (nSPS) is 13.3. The highest BCUT2D eigenvalue weighted by Crippen LogP contribution is 2.51. The SMILES string of the molecule is CC1(C)c2ccc(F)cc2-c2c(Nc3ccccc3[Si](c3ccccc3)(c3ccccc3)c3ccccc3)cccc21. The first-order valence-electron chi connectivity index (χ1n) is 14.5. The second-order valence-corrected chi connectivity index (χ2v) is 15.3. The lowest BCUT2D eigenvalue weighted by molar-refractivity contribution is 0.622. The Bertz CT molecular complexity index is 1780. The number of fused-ring (bicyclic) bond motifs is 3. The third-order valence-electron chi connectivity index (χ3n) is 8.88. The minimum atomic E-state index is -2.76. The number of hydrogen-bond donors (Lipinski definition) is 1. The van der Waals surface area contributed by atoms with Crippen molar-refractivity contribution >= 4 is 40.2 Å². The van der Waals surface area contributed by atoms with Crippen LogP contribution in [-0.2, 0) is 5.41 Å². The van der Waals surface area contributed by atoms with E-state index in [1.807, 2.05) is 6.07 Å². The molecule has 0 atom stereocenters. The maximum absolute atomic E-state index is 14.6. The van der Waals surface area contributed by atoms with Crippen molar-refractivity contribution in [1.82, 2.24) is 0 Å². The smallest absolute Gasteiger partial charge is 0.181 e. The lowest BCUT2D eigenvalue weighted by atomic mass is 9.82. The second-order valence-electron chi connectivity index (χ2n) is 11.6. The molecular weight excluding hydrogens is 530 g/mol. The fourth-order valence-electron chi connectivity index (χ4n) is 6.98. The van der Waals surface area contributed by atoms with Gasteiger partial charge in [0.25, 0.3) is 0 Å². The van der Waals surface area contributed by atoms with Crippen LogP contribution in [0.4, 0.5) is 15.8 Å². The van der Waals surface area contributed by atoms with E-state index in [1.165, 1.54) is 26.3 Å². The molecule has 0 spiro atoms. The van der Waals surface area contributed by atoms with E-state index in [2.05, 4.69) is 153 Å². The average molecular weight is 562 g/mol. The van der Waals surface area contributed by atoms with Crippen LogP contribution < -0.4 is 26.1 Å². The van der Waals surface area contributed by atoms with Crippen LogP contribution in [0.3, 0.4) is 0 Å². The second kappa shape index (κ2) is 10.3.